The van der Waals surface area contributed by atoms with Gasteiger partial charge < -0.3 is 14.6 Å². The Kier molecular flexibility index (Phi) is 5.73. The highest BCUT2D eigenvalue weighted by atomic mass is 16.5. The number of aromatic nitrogens is 1. The van der Waals surface area contributed by atoms with Crippen LogP contribution in [-0.2, 0) is 11.3 Å². The van der Waals surface area contributed by atoms with Gasteiger partial charge >= 0.3 is 0 Å². The van der Waals surface area contributed by atoms with Gasteiger partial charge in [-0.1, -0.05) is 13.0 Å². The van der Waals surface area contributed by atoms with Crippen LogP contribution in [-0.4, -0.2) is 30.9 Å². The first kappa shape index (κ1) is 11.9. The van der Waals surface area contributed by atoms with Crippen molar-refractivity contribution >= 4 is 0 Å². The lowest BCUT2D eigenvalue weighted by Gasteiger charge is -2.06. The maximum atomic E-state index is 11.3. The lowest BCUT2D eigenvalue weighted by molar-refractivity contribution is 0.127. The lowest BCUT2D eigenvalue weighted by atomic mass is 10.4. The van der Waals surface area contributed by atoms with Crippen molar-refractivity contribution in [3.05, 3.63) is 34.7 Å². The summed E-state index contributed by atoms with van der Waals surface area (Å²) in [4.78, 5) is 11.3. The second kappa shape index (κ2) is 7.20. The fourth-order valence-electron chi connectivity index (χ4n) is 1.23. The molecule has 1 heterocycles. The van der Waals surface area contributed by atoms with E-state index in [0.717, 1.165) is 13.1 Å². The number of likely N-dealkylation sites (N-methyl/N-ethyl adjacent to an activating group) is 1. The van der Waals surface area contributed by atoms with Crippen LogP contribution in [0, 0.1) is 0 Å². The quantitative estimate of drug-likeness (QED) is 0.665. The third-order valence-electron chi connectivity index (χ3n) is 2.05. The van der Waals surface area contributed by atoms with Crippen LogP contribution in [0.15, 0.2) is 29.2 Å². The third kappa shape index (κ3) is 4.76. The molecule has 1 N–H and O–H groups in total. The van der Waals surface area contributed by atoms with Crippen LogP contribution in [0.2, 0.25) is 0 Å². The van der Waals surface area contributed by atoms with Gasteiger partial charge in [-0.25, -0.2) is 0 Å². The van der Waals surface area contributed by atoms with E-state index >= 15 is 0 Å². The van der Waals surface area contributed by atoms with Crippen LogP contribution in [0.3, 0.4) is 0 Å². The van der Waals surface area contributed by atoms with Gasteiger partial charge in [0.2, 0.25) is 0 Å². The predicted molar refractivity (Wildman–Crippen MR) is 60.1 cm³/mol. The van der Waals surface area contributed by atoms with Gasteiger partial charge in [0.05, 0.1) is 13.2 Å². The molecular weight excluding hydrogens is 192 g/mol. The average Bonchev–Trinajstić information content (AvgIpc) is 2.25. The van der Waals surface area contributed by atoms with E-state index in [1.54, 1.807) is 22.9 Å². The molecule has 1 aromatic rings. The van der Waals surface area contributed by atoms with Crippen molar-refractivity contribution in [3.8, 4) is 0 Å². The number of hydrogen-bond donors (Lipinski definition) is 1. The molecule has 0 aliphatic carbocycles. The summed E-state index contributed by atoms with van der Waals surface area (Å²) in [6, 6.07) is 5.14. The second-order valence-corrected chi connectivity index (χ2v) is 3.20. The summed E-state index contributed by atoms with van der Waals surface area (Å²) in [5.74, 6) is 0. The van der Waals surface area contributed by atoms with E-state index in [0.29, 0.717) is 19.8 Å². The number of hydrogen-bond acceptors (Lipinski definition) is 3. The molecule has 0 bridgehead atoms. The summed E-state index contributed by atoms with van der Waals surface area (Å²) < 4.78 is 7.02. The van der Waals surface area contributed by atoms with Crippen LogP contribution in [0.5, 0.6) is 0 Å². The molecule has 0 unspecified atom stereocenters. The minimum atomic E-state index is 0.0211. The second-order valence-electron chi connectivity index (χ2n) is 3.20. The fraction of sp³-hybridized carbons (Fsp3) is 0.545. The first-order valence-corrected chi connectivity index (χ1v) is 5.28. The Bertz CT molecular complexity index is 322. The number of ether oxygens (including phenoxy) is 1. The van der Waals surface area contributed by atoms with Gasteiger partial charge in [-0.05, 0) is 12.6 Å². The molecule has 0 atom stereocenters. The summed E-state index contributed by atoms with van der Waals surface area (Å²) in [5, 5.41) is 3.16. The van der Waals surface area contributed by atoms with Crippen molar-refractivity contribution in [2.75, 3.05) is 26.3 Å². The third-order valence-corrected chi connectivity index (χ3v) is 2.05. The van der Waals surface area contributed by atoms with E-state index in [9.17, 15) is 4.79 Å². The molecule has 0 radical (unpaired) electrons. The minimum Gasteiger partial charge on any atom is -0.378 e. The minimum absolute atomic E-state index is 0.0211. The van der Waals surface area contributed by atoms with Crippen molar-refractivity contribution in [2.45, 2.75) is 13.5 Å². The van der Waals surface area contributed by atoms with E-state index in [4.69, 9.17) is 4.74 Å². The zero-order valence-corrected chi connectivity index (χ0v) is 9.11. The fourth-order valence-corrected chi connectivity index (χ4v) is 1.23. The monoisotopic (exact) mass is 210 g/mol. The largest absolute Gasteiger partial charge is 0.378 e. The highest BCUT2D eigenvalue weighted by molar-refractivity contribution is 4.92. The van der Waals surface area contributed by atoms with Crippen LogP contribution < -0.4 is 10.9 Å². The Hall–Kier alpha value is -1.13. The molecule has 0 aromatic carbocycles. The van der Waals surface area contributed by atoms with Crippen LogP contribution >= 0.6 is 0 Å². The first-order valence-electron chi connectivity index (χ1n) is 5.28. The van der Waals surface area contributed by atoms with E-state index in [2.05, 4.69) is 12.2 Å². The summed E-state index contributed by atoms with van der Waals surface area (Å²) in [6.07, 6.45) is 1.77. The molecule has 0 spiro atoms. The van der Waals surface area contributed by atoms with Crippen LogP contribution in [0.25, 0.3) is 0 Å². The molecule has 15 heavy (non-hydrogen) atoms. The number of rotatable bonds is 7. The highest BCUT2D eigenvalue weighted by Gasteiger charge is 1.93. The molecular formula is C11H18N2O2. The Balaban J connectivity index is 2.15. The SMILES string of the molecule is CCNCCOCCn1ccccc1=O. The summed E-state index contributed by atoms with van der Waals surface area (Å²) in [7, 11) is 0. The molecule has 0 saturated carbocycles. The zero-order chi connectivity index (χ0) is 10.9. The zero-order valence-electron chi connectivity index (χ0n) is 9.11. The summed E-state index contributed by atoms with van der Waals surface area (Å²) in [6.45, 7) is 5.77. The Morgan fingerprint density at radius 3 is 3.00 bits per heavy atom. The molecule has 0 saturated heterocycles. The molecule has 0 aliphatic heterocycles. The van der Waals surface area contributed by atoms with Gasteiger partial charge in [-0.3, -0.25) is 4.79 Å². The molecule has 84 valence electrons. The van der Waals surface area contributed by atoms with Crippen molar-refractivity contribution in [3.63, 3.8) is 0 Å². The number of pyridine rings is 1. The normalized spacial score (nSPS) is 10.5. The van der Waals surface area contributed by atoms with Crippen molar-refractivity contribution in [1.29, 1.82) is 0 Å². The maximum Gasteiger partial charge on any atom is 0.250 e. The van der Waals surface area contributed by atoms with Crippen LogP contribution in [0.1, 0.15) is 6.92 Å². The Morgan fingerprint density at radius 1 is 1.40 bits per heavy atom. The van der Waals surface area contributed by atoms with E-state index in [1.807, 2.05) is 6.07 Å². The number of nitrogens with one attached hydrogen (secondary N) is 1. The smallest absolute Gasteiger partial charge is 0.250 e. The van der Waals surface area contributed by atoms with Gasteiger partial charge in [-0.2, -0.15) is 0 Å². The Morgan fingerprint density at radius 2 is 2.27 bits per heavy atom. The molecule has 0 aliphatic rings. The summed E-state index contributed by atoms with van der Waals surface area (Å²) in [5.41, 5.74) is 0.0211. The molecule has 0 fully saturated rings. The molecule has 1 rings (SSSR count). The predicted octanol–water partition coefficient (Wildman–Crippen LogP) is 0.474. The van der Waals surface area contributed by atoms with Gasteiger partial charge in [0.1, 0.15) is 0 Å². The van der Waals surface area contributed by atoms with Gasteiger partial charge in [0.25, 0.3) is 5.56 Å². The highest BCUT2D eigenvalue weighted by Crippen LogP contribution is 1.83. The average molecular weight is 210 g/mol. The van der Waals surface area contributed by atoms with Crippen LogP contribution in [0.4, 0.5) is 0 Å². The van der Waals surface area contributed by atoms with E-state index < -0.39 is 0 Å². The molecule has 4 heteroatoms. The lowest BCUT2D eigenvalue weighted by Crippen LogP contribution is -2.23. The molecule has 4 nitrogen and oxygen atoms in total. The number of nitrogens with zero attached hydrogens (tertiary/aromatic N) is 1. The summed E-state index contributed by atoms with van der Waals surface area (Å²) >= 11 is 0. The van der Waals surface area contributed by atoms with E-state index in [-0.39, 0.29) is 5.56 Å². The van der Waals surface area contributed by atoms with Gasteiger partial charge in [-0.15, -0.1) is 0 Å². The standard InChI is InChI=1S/C11H18N2O2/c1-2-12-6-9-15-10-8-13-7-4-3-5-11(13)14/h3-5,7,12H,2,6,8-10H2,1H3. The maximum absolute atomic E-state index is 11.3. The molecule has 1 aromatic heterocycles. The van der Waals surface area contributed by atoms with Gasteiger partial charge in [0.15, 0.2) is 0 Å². The Labute approximate surface area is 89.9 Å². The van der Waals surface area contributed by atoms with Crippen molar-refractivity contribution in [1.82, 2.24) is 9.88 Å². The molecule has 0 amide bonds. The van der Waals surface area contributed by atoms with Gasteiger partial charge in [0, 0.05) is 25.4 Å². The van der Waals surface area contributed by atoms with E-state index in [1.165, 1.54) is 0 Å². The topological polar surface area (TPSA) is 43.3 Å². The van der Waals surface area contributed by atoms with Crippen molar-refractivity contribution < 1.29 is 4.74 Å². The van der Waals surface area contributed by atoms with Crippen molar-refractivity contribution in [2.24, 2.45) is 0 Å². The first-order chi connectivity index (χ1) is 7.34.